The zero-order chi connectivity index (χ0) is 13.2. The Kier molecular flexibility index (Phi) is 4.34. The fraction of sp³-hybridized carbons (Fsp3) is 0.600. The average Bonchev–Trinajstić information content (AvgIpc) is 2.23. The molecule has 0 aromatic heterocycles. The van der Waals surface area contributed by atoms with Crippen LogP contribution in [0.2, 0.25) is 0 Å². The average molecular weight is 234 g/mol. The predicted molar refractivity (Wildman–Crippen MR) is 75.5 cm³/mol. The molecule has 1 rings (SSSR count). The molecule has 0 aliphatic carbocycles. The number of hydrogen-bond acceptors (Lipinski definition) is 2. The minimum Gasteiger partial charge on any atom is -0.311 e. The van der Waals surface area contributed by atoms with E-state index in [4.69, 9.17) is 0 Å². The summed E-state index contributed by atoms with van der Waals surface area (Å²) in [5, 5.41) is 3.44. The molecular weight excluding hydrogens is 208 g/mol. The second kappa shape index (κ2) is 5.19. The summed E-state index contributed by atoms with van der Waals surface area (Å²) < 4.78 is 0. The summed E-state index contributed by atoms with van der Waals surface area (Å²) in [6.07, 6.45) is 0. The molecule has 0 aliphatic rings. The first-order valence-corrected chi connectivity index (χ1v) is 6.22. The van der Waals surface area contributed by atoms with E-state index in [1.807, 2.05) is 7.05 Å². The molecule has 0 fully saturated rings. The van der Waals surface area contributed by atoms with Gasteiger partial charge in [-0.05, 0) is 65.5 Å². The molecule has 0 saturated heterocycles. The summed E-state index contributed by atoms with van der Waals surface area (Å²) >= 11 is 0. The predicted octanol–water partition coefficient (Wildman–Crippen LogP) is 2.90. The van der Waals surface area contributed by atoms with Gasteiger partial charge in [-0.2, -0.15) is 0 Å². The lowest BCUT2D eigenvalue weighted by molar-refractivity contribution is 0.142. The number of likely N-dealkylation sites (N-methyl/N-ethyl adjacent to an activating group) is 2. The first-order chi connectivity index (χ1) is 7.80. The Bertz CT molecular complexity index is 381. The van der Waals surface area contributed by atoms with Crippen molar-refractivity contribution in [1.29, 1.82) is 0 Å². The normalized spacial score (nSPS) is 14.1. The zero-order valence-electron chi connectivity index (χ0n) is 12.3. The monoisotopic (exact) mass is 234 g/mol. The van der Waals surface area contributed by atoms with Crippen LogP contribution in [0.3, 0.4) is 0 Å². The van der Waals surface area contributed by atoms with Gasteiger partial charge in [0.2, 0.25) is 0 Å². The van der Waals surface area contributed by atoms with E-state index in [-0.39, 0.29) is 5.54 Å². The van der Waals surface area contributed by atoms with Gasteiger partial charge >= 0.3 is 0 Å². The van der Waals surface area contributed by atoms with E-state index in [1.165, 1.54) is 16.7 Å². The zero-order valence-corrected chi connectivity index (χ0v) is 12.3. The van der Waals surface area contributed by atoms with Crippen molar-refractivity contribution in [2.75, 3.05) is 21.1 Å². The van der Waals surface area contributed by atoms with Crippen LogP contribution < -0.4 is 5.32 Å². The van der Waals surface area contributed by atoms with Crippen LogP contribution in [0.25, 0.3) is 0 Å². The Morgan fingerprint density at radius 3 is 2.12 bits per heavy atom. The van der Waals surface area contributed by atoms with Gasteiger partial charge in [0.1, 0.15) is 0 Å². The fourth-order valence-corrected chi connectivity index (χ4v) is 2.13. The van der Waals surface area contributed by atoms with Crippen LogP contribution in [0.4, 0.5) is 0 Å². The van der Waals surface area contributed by atoms with E-state index < -0.39 is 0 Å². The van der Waals surface area contributed by atoms with E-state index in [1.54, 1.807) is 0 Å². The van der Waals surface area contributed by atoms with E-state index >= 15 is 0 Å². The van der Waals surface area contributed by atoms with Gasteiger partial charge in [0, 0.05) is 11.6 Å². The Morgan fingerprint density at radius 2 is 1.71 bits per heavy atom. The molecule has 0 amide bonds. The Balaban J connectivity index is 3.14. The summed E-state index contributed by atoms with van der Waals surface area (Å²) in [5.41, 5.74) is 4.15. The van der Waals surface area contributed by atoms with Gasteiger partial charge in [0.15, 0.2) is 0 Å². The van der Waals surface area contributed by atoms with Crippen molar-refractivity contribution in [2.24, 2.45) is 0 Å². The van der Waals surface area contributed by atoms with Crippen LogP contribution in [-0.2, 0) is 0 Å². The Hall–Kier alpha value is -0.860. The lowest BCUT2D eigenvalue weighted by Gasteiger charge is -2.40. The molecule has 1 atom stereocenters. The van der Waals surface area contributed by atoms with Gasteiger partial charge in [0.05, 0.1) is 0 Å². The number of benzene rings is 1. The van der Waals surface area contributed by atoms with Crippen LogP contribution in [-0.4, -0.2) is 31.6 Å². The van der Waals surface area contributed by atoms with Crippen LogP contribution >= 0.6 is 0 Å². The molecule has 0 heterocycles. The summed E-state index contributed by atoms with van der Waals surface area (Å²) in [5.74, 6) is 0. The van der Waals surface area contributed by atoms with Gasteiger partial charge in [-0.3, -0.25) is 0 Å². The molecule has 1 unspecified atom stereocenters. The molecule has 96 valence electrons. The third-order valence-corrected chi connectivity index (χ3v) is 4.01. The highest BCUT2D eigenvalue weighted by atomic mass is 15.2. The molecule has 0 spiro atoms. The third-order valence-electron chi connectivity index (χ3n) is 4.01. The number of nitrogens with one attached hydrogen (secondary N) is 1. The van der Waals surface area contributed by atoms with E-state index in [0.717, 1.165) is 0 Å². The largest absolute Gasteiger partial charge is 0.311 e. The first kappa shape index (κ1) is 14.2. The van der Waals surface area contributed by atoms with Crippen LogP contribution in [0, 0.1) is 13.8 Å². The Morgan fingerprint density at radius 1 is 1.12 bits per heavy atom. The molecule has 1 aromatic carbocycles. The second-order valence-electron chi connectivity index (χ2n) is 5.61. The van der Waals surface area contributed by atoms with Crippen molar-refractivity contribution < 1.29 is 0 Å². The molecule has 17 heavy (non-hydrogen) atoms. The molecule has 2 nitrogen and oxygen atoms in total. The Labute approximate surface area is 106 Å². The molecule has 0 aliphatic heterocycles. The minimum atomic E-state index is 0.0798. The molecule has 0 bridgehead atoms. The van der Waals surface area contributed by atoms with Gasteiger partial charge in [-0.25, -0.2) is 0 Å². The number of aryl methyl sites for hydroxylation is 2. The lowest BCUT2D eigenvalue weighted by atomic mass is 9.86. The molecule has 0 saturated carbocycles. The number of nitrogens with zero attached hydrogens (tertiary/aromatic N) is 1. The van der Waals surface area contributed by atoms with Crippen LogP contribution in [0.1, 0.15) is 36.6 Å². The maximum absolute atomic E-state index is 3.44. The van der Waals surface area contributed by atoms with E-state index in [0.29, 0.717) is 6.04 Å². The number of rotatable bonds is 4. The SMILES string of the molecule is CNC(c1ccc(C)c(C)c1)C(C)(C)N(C)C. The highest BCUT2D eigenvalue weighted by Crippen LogP contribution is 2.30. The molecule has 1 aromatic rings. The van der Waals surface area contributed by atoms with Crippen molar-refractivity contribution in [2.45, 2.75) is 39.3 Å². The maximum Gasteiger partial charge on any atom is 0.0499 e. The van der Waals surface area contributed by atoms with Gasteiger partial charge in [-0.1, -0.05) is 18.2 Å². The third kappa shape index (κ3) is 2.88. The minimum absolute atomic E-state index is 0.0798. The van der Waals surface area contributed by atoms with Crippen molar-refractivity contribution in [1.82, 2.24) is 10.2 Å². The topological polar surface area (TPSA) is 15.3 Å². The summed E-state index contributed by atoms with van der Waals surface area (Å²) in [4.78, 5) is 2.27. The van der Waals surface area contributed by atoms with E-state index in [9.17, 15) is 0 Å². The smallest absolute Gasteiger partial charge is 0.0499 e. The standard InChI is InChI=1S/C15H26N2/c1-11-8-9-13(10-12(11)2)14(16-5)15(3,4)17(6)7/h8-10,14,16H,1-7H3. The fourth-order valence-electron chi connectivity index (χ4n) is 2.13. The first-order valence-electron chi connectivity index (χ1n) is 6.22. The van der Waals surface area contributed by atoms with Gasteiger partial charge in [-0.15, -0.1) is 0 Å². The number of hydrogen-bond donors (Lipinski definition) is 1. The molecule has 0 radical (unpaired) electrons. The van der Waals surface area contributed by atoms with Crippen molar-refractivity contribution in [3.63, 3.8) is 0 Å². The molecule has 2 heteroatoms. The molecular formula is C15H26N2. The highest BCUT2D eigenvalue weighted by molar-refractivity contribution is 5.33. The molecule has 1 N–H and O–H groups in total. The van der Waals surface area contributed by atoms with Crippen molar-refractivity contribution >= 4 is 0 Å². The lowest BCUT2D eigenvalue weighted by Crippen LogP contribution is -2.48. The highest BCUT2D eigenvalue weighted by Gasteiger charge is 2.31. The van der Waals surface area contributed by atoms with Crippen LogP contribution in [0.5, 0.6) is 0 Å². The van der Waals surface area contributed by atoms with E-state index in [2.05, 4.69) is 70.2 Å². The summed E-state index contributed by atoms with van der Waals surface area (Å²) in [7, 11) is 6.29. The van der Waals surface area contributed by atoms with Gasteiger partial charge in [0.25, 0.3) is 0 Å². The maximum atomic E-state index is 3.44. The second-order valence-corrected chi connectivity index (χ2v) is 5.61. The summed E-state index contributed by atoms with van der Waals surface area (Å²) in [6.45, 7) is 8.87. The van der Waals surface area contributed by atoms with Crippen LogP contribution in [0.15, 0.2) is 18.2 Å². The summed E-state index contributed by atoms with van der Waals surface area (Å²) in [6, 6.07) is 7.06. The van der Waals surface area contributed by atoms with Gasteiger partial charge < -0.3 is 10.2 Å². The van der Waals surface area contributed by atoms with Crippen molar-refractivity contribution in [3.05, 3.63) is 34.9 Å². The van der Waals surface area contributed by atoms with Crippen molar-refractivity contribution in [3.8, 4) is 0 Å². The quantitative estimate of drug-likeness (QED) is 0.862.